The smallest absolute Gasteiger partial charge is 0.296 e. The predicted octanol–water partition coefficient (Wildman–Crippen LogP) is 3.00. The largest absolute Gasteiger partial charge is 0.493 e. The molecule has 0 aliphatic rings. The van der Waals surface area contributed by atoms with Gasteiger partial charge in [-0.1, -0.05) is 23.4 Å². The fourth-order valence-corrected chi connectivity index (χ4v) is 2.03. The third-order valence-corrected chi connectivity index (χ3v) is 3.12. The van der Waals surface area contributed by atoms with Gasteiger partial charge in [-0.3, -0.25) is 9.78 Å². The number of hydrogen-bond donors (Lipinski definition) is 3. The Bertz CT molecular complexity index is 913. The van der Waals surface area contributed by atoms with Gasteiger partial charge in [0.2, 0.25) is 5.88 Å². The lowest BCUT2D eigenvalue weighted by Crippen LogP contribution is -1.96. The summed E-state index contributed by atoms with van der Waals surface area (Å²) in [5, 5.41) is 29.2. The second-order valence-electron chi connectivity index (χ2n) is 4.59. The van der Waals surface area contributed by atoms with Crippen LogP contribution >= 0.6 is 0 Å². The molecule has 0 aliphatic carbocycles. The minimum Gasteiger partial charge on any atom is -0.493 e. The first-order valence-electron chi connectivity index (χ1n) is 6.58. The standard InChI is InChI=1S/C15H11N5O3/c21-14(9-5-6-10(8-17-23)16-7-9)20-19-13-11-3-1-2-4-12(11)18-15(13)22/h1-8,18,22-23H. The zero-order chi connectivity index (χ0) is 16.2. The maximum Gasteiger partial charge on any atom is 0.296 e. The van der Waals surface area contributed by atoms with Crippen LogP contribution in [0.3, 0.4) is 0 Å². The summed E-state index contributed by atoms with van der Waals surface area (Å²) in [6.07, 6.45) is 2.44. The Hall–Kier alpha value is -3.55. The summed E-state index contributed by atoms with van der Waals surface area (Å²) in [5.41, 5.74) is 1.52. The minimum atomic E-state index is -0.602. The van der Waals surface area contributed by atoms with Crippen molar-refractivity contribution in [2.24, 2.45) is 15.4 Å². The van der Waals surface area contributed by atoms with Crippen molar-refractivity contribution in [1.29, 1.82) is 0 Å². The molecule has 1 amide bonds. The van der Waals surface area contributed by atoms with E-state index in [1.54, 1.807) is 18.2 Å². The normalized spacial score (nSPS) is 11.7. The molecule has 0 bridgehead atoms. The SMILES string of the molecule is O=C(N=Nc1c(O)[nH]c2ccccc12)c1ccc(C=NO)nc1. The third-order valence-electron chi connectivity index (χ3n) is 3.12. The number of para-hydroxylation sites is 1. The summed E-state index contributed by atoms with van der Waals surface area (Å²) in [7, 11) is 0. The van der Waals surface area contributed by atoms with E-state index in [2.05, 4.69) is 25.4 Å². The summed E-state index contributed by atoms with van der Waals surface area (Å²) < 4.78 is 0. The zero-order valence-electron chi connectivity index (χ0n) is 11.7. The summed E-state index contributed by atoms with van der Waals surface area (Å²) >= 11 is 0. The fourth-order valence-electron chi connectivity index (χ4n) is 2.03. The number of benzene rings is 1. The number of rotatable bonds is 3. The number of carbonyl (C=O) groups is 1. The Balaban J connectivity index is 1.86. The van der Waals surface area contributed by atoms with Crippen molar-refractivity contribution in [3.63, 3.8) is 0 Å². The first-order chi connectivity index (χ1) is 11.2. The Labute approximate surface area is 129 Å². The number of pyridine rings is 1. The Morgan fingerprint density at radius 1 is 1.22 bits per heavy atom. The molecule has 0 unspecified atom stereocenters. The van der Waals surface area contributed by atoms with E-state index in [1.165, 1.54) is 18.3 Å². The molecule has 3 N–H and O–H groups in total. The topological polar surface area (TPSA) is 123 Å². The minimum absolute atomic E-state index is 0.157. The Kier molecular flexibility index (Phi) is 3.79. The average Bonchev–Trinajstić information content (AvgIpc) is 2.89. The number of nitrogens with zero attached hydrogens (tertiary/aromatic N) is 4. The van der Waals surface area contributed by atoms with E-state index >= 15 is 0 Å². The molecule has 0 spiro atoms. The lowest BCUT2D eigenvalue weighted by Gasteiger charge is -1.95. The van der Waals surface area contributed by atoms with E-state index in [0.717, 1.165) is 6.21 Å². The highest BCUT2D eigenvalue weighted by atomic mass is 16.4. The van der Waals surface area contributed by atoms with Crippen molar-refractivity contribution in [2.75, 3.05) is 0 Å². The van der Waals surface area contributed by atoms with Crippen LogP contribution in [0.4, 0.5) is 5.69 Å². The number of amides is 1. The van der Waals surface area contributed by atoms with Crippen LogP contribution in [-0.4, -0.2) is 32.4 Å². The van der Waals surface area contributed by atoms with Crippen LogP contribution < -0.4 is 0 Å². The fraction of sp³-hybridized carbons (Fsp3) is 0. The predicted molar refractivity (Wildman–Crippen MR) is 82.4 cm³/mol. The van der Waals surface area contributed by atoms with Gasteiger partial charge in [-0.2, -0.15) is 0 Å². The van der Waals surface area contributed by atoms with Crippen LogP contribution in [0.1, 0.15) is 16.1 Å². The summed E-state index contributed by atoms with van der Waals surface area (Å²) in [6.45, 7) is 0. The van der Waals surface area contributed by atoms with Gasteiger partial charge in [0.1, 0.15) is 0 Å². The number of aromatic hydroxyl groups is 1. The van der Waals surface area contributed by atoms with Gasteiger partial charge in [-0.15, -0.1) is 10.2 Å². The van der Waals surface area contributed by atoms with Crippen molar-refractivity contribution >= 4 is 28.7 Å². The van der Waals surface area contributed by atoms with E-state index in [1.807, 2.05) is 6.07 Å². The van der Waals surface area contributed by atoms with Crippen LogP contribution in [0, 0.1) is 0 Å². The van der Waals surface area contributed by atoms with Crippen LogP contribution in [0.5, 0.6) is 5.88 Å². The van der Waals surface area contributed by atoms with Crippen molar-refractivity contribution in [1.82, 2.24) is 9.97 Å². The van der Waals surface area contributed by atoms with Gasteiger partial charge in [-0.05, 0) is 18.2 Å². The second-order valence-corrected chi connectivity index (χ2v) is 4.59. The second kappa shape index (κ2) is 6.06. The van der Waals surface area contributed by atoms with E-state index in [-0.39, 0.29) is 17.1 Å². The van der Waals surface area contributed by atoms with Gasteiger partial charge in [0.25, 0.3) is 5.91 Å². The van der Waals surface area contributed by atoms with Gasteiger partial charge in [0.15, 0.2) is 5.69 Å². The molecule has 0 aliphatic heterocycles. The summed E-state index contributed by atoms with van der Waals surface area (Å²) in [4.78, 5) is 18.6. The molecule has 1 aromatic carbocycles. The van der Waals surface area contributed by atoms with Crippen molar-refractivity contribution < 1.29 is 15.1 Å². The number of fused-ring (bicyclic) bond motifs is 1. The number of H-pyrrole nitrogens is 1. The molecule has 8 heteroatoms. The van der Waals surface area contributed by atoms with Gasteiger partial charge in [-0.25, -0.2) is 0 Å². The van der Waals surface area contributed by atoms with Crippen LogP contribution in [0.25, 0.3) is 10.9 Å². The van der Waals surface area contributed by atoms with E-state index in [9.17, 15) is 9.90 Å². The summed E-state index contributed by atoms with van der Waals surface area (Å²) in [6, 6.07) is 10.1. The molecule has 0 fully saturated rings. The van der Waals surface area contributed by atoms with Crippen LogP contribution in [-0.2, 0) is 0 Å². The number of aromatic amines is 1. The molecular formula is C15H11N5O3. The molecule has 2 aromatic heterocycles. The van der Waals surface area contributed by atoms with Crippen LogP contribution in [0.15, 0.2) is 58.0 Å². The maximum atomic E-state index is 12.0. The first kappa shape index (κ1) is 14.4. The lowest BCUT2D eigenvalue weighted by molar-refractivity contribution is 0.0994. The van der Waals surface area contributed by atoms with Gasteiger partial charge in [0, 0.05) is 11.6 Å². The number of aromatic nitrogens is 2. The number of oxime groups is 1. The van der Waals surface area contributed by atoms with Crippen molar-refractivity contribution in [2.45, 2.75) is 0 Å². The number of carbonyl (C=O) groups excluding carboxylic acids is 1. The molecule has 3 aromatic rings. The highest BCUT2D eigenvalue weighted by Gasteiger charge is 2.11. The van der Waals surface area contributed by atoms with E-state index in [0.29, 0.717) is 16.6 Å². The Morgan fingerprint density at radius 3 is 2.78 bits per heavy atom. The molecule has 0 saturated heterocycles. The highest BCUT2D eigenvalue weighted by Crippen LogP contribution is 2.35. The van der Waals surface area contributed by atoms with Gasteiger partial charge < -0.3 is 15.3 Å². The van der Waals surface area contributed by atoms with Crippen molar-refractivity contribution in [3.8, 4) is 5.88 Å². The molecule has 23 heavy (non-hydrogen) atoms. The molecule has 0 atom stereocenters. The Morgan fingerprint density at radius 2 is 2.04 bits per heavy atom. The average molecular weight is 309 g/mol. The number of azo groups is 1. The molecule has 114 valence electrons. The lowest BCUT2D eigenvalue weighted by atomic mass is 10.2. The molecule has 0 radical (unpaired) electrons. The monoisotopic (exact) mass is 309 g/mol. The third kappa shape index (κ3) is 2.91. The highest BCUT2D eigenvalue weighted by molar-refractivity contribution is 5.97. The zero-order valence-corrected chi connectivity index (χ0v) is 11.7. The van der Waals surface area contributed by atoms with E-state index < -0.39 is 5.91 Å². The maximum absolute atomic E-state index is 12.0. The van der Waals surface area contributed by atoms with Crippen molar-refractivity contribution in [3.05, 3.63) is 53.9 Å². The quantitative estimate of drug-likeness (QED) is 0.298. The summed E-state index contributed by atoms with van der Waals surface area (Å²) in [5.74, 6) is -0.759. The number of nitrogens with one attached hydrogen (secondary N) is 1. The molecular weight excluding hydrogens is 298 g/mol. The number of hydrogen-bond acceptors (Lipinski definition) is 6. The van der Waals surface area contributed by atoms with Gasteiger partial charge >= 0.3 is 0 Å². The molecule has 2 heterocycles. The molecule has 8 nitrogen and oxygen atoms in total. The van der Waals surface area contributed by atoms with Crippen LogP contribution in [0.2, 0.25) is 0 Å². The first-order valence-corrected chi connectivity index (χ1v) is 6.58. The van der Waals surface area contributed by atoms with E-state index in [4.69, 9.17) is 5.21 Å². The molecule has 0 saturated carbocycles. The molecule has 3 rings (SSSR count). The van der Waals surface area contributed by atoms with Gasteiger partial charge in [0.05, 0.1) is 23.0 Å².